The third-order valence-corrected chi connectivity index (χ3v) is 5.34. The molecule has 0 radical (unpaired) electrons. The van der Waals surface area contributed by atoms with Gasteiger partial charge in [-0.3, -0.25) is 0 Å². The third-order valence-electron chi connectivity index (χ3n) is 3.41. The Morgan fingerprint density at radius 1 is 0.889 bits per heavy atom. The van der Waals surface area contributed by atoms with E-state index in [0.29, 0.717) is 4.90 Å². The van der Waals surface area contributed by atoms with Crippen LogP contribution in [0.3, 0.4) is 0 Å². The second kappa shape index (κ2) is 4.28. The van der Waals surface area contributed by atoms with Crippen LogP contribution in [0, 0.1) is 27.7 Å². The largest absolute Gasteiger partial charge is 0.268 e. The third kappa shape index (κ3) is 1.86. The summed E-state index contributed by atoms with van der Waals surface area (Å²) in [6.07, 6.45) is 3.12. The van der Waals surface area contributed by atoms with Gasteiger partial charge in [-0.2, -0.15) is 0 Å². The van der Waals surface area contributed by atoms with Crippen molar-refractivity contribution in [1.29, 1.82) is 0 Å². The summed E-state index contributed by atoms with van der Waals surface area (Å²) < 4.78 is 26.5. The average Bonchev–Trinajstić information content (AvgIpc) is 2.80. The minimum absolute atomic E-state index is 0.427. The van der Waals surface area contributed by atoms with Gasteiger partial charge in [-0.1, -0.05) is 6.07 Å². The van der Waals surface area contributed by atoms with E-state index in [1.165, 1.54) is 3.97 Å². The lowest BCUT2D eigenvalue weighted by atomic mass is 10.0. The molecule has 0 bridgehead atoms. The van der Waals surface area contributed by atoms with Gasteiger partial charge in [0.2, 0.25) is 0 Å². The van der Waals surface area contributed by atoms with E-state index in [4.69, 9.17) is 0 Å². The summed E-state index contributed by atoms with van der Waals surface area (Å²) in [6, 6.07) is 5.45. The lowest BCUT2D eigenvalue weighted by Gasteiger charge is -2.16. The normalized spacial score (nSPS) is 11.8. The van der Waals surface area contributed by atoms with E-state index in [2.05, 4.69) is 0 Å². The first-order chi connectivity index (χ1) is 8.35. The van der Waals surface area contributed by atoms with E-state index in [-0.39, 0.29) is 0 Å². The molecule has 4 heteroatoms. The van der Waals surface area contributed by atoms with Crippen LogP contribution in [0.5, 0.6) is 0 Å². The van der Waals surface area contributed by atoms with Crippen LogP contribution in [0.15, 0.2) is 35.5 Å². The second-order valence-corrected chi connectivity index (χ2v) is 6.39. The van der Waals surface area contributed by atoms with Gasteiger partial charge in [-0.05, 0) is 62.1 Å². The lowest BCUT2D eigenvalue weighted by molar-refractivity contribution is 0.586. The molecule has 0 aliphatic carbocycles. The highest BCUT2D eigenvalue weighted by molar-refractivity contribution is 7.90. The first-order valence-electron chi connectivity index (χ1n) is 5.81. The smallest absolute Gasteiger partial charge is 0.249 e. The fraction of sp³-hybridized carbons (Fsp3) is 0.286. The van der Waals surface area contributed by atoms with Crippen molar-refractivity contribution in [3.63, 3.8) is 0 Å². The van der Waals surface area contributed by atoms with Crippen LogP contribution in [-0.2, 0) is 10.0 Å². The van der Waals surface area contributed by atoms with Gasteiger partial charge in [0, 0.05) is 12.4 Å². The van der Waals surface area contributed by atoms with Crippen molar-refractivity contribution in [2.75, 3.05) is 0 Å². The molecule has 0 spiro atoms. The maximum atomic E-state index is 12.6. The molecule has 1 aromatic carbocycles. The van der Waals surface area contributed by atoms with Crippen LogP contribution in [0.4, 0.5) is 0 Å². The van der Waals surface area contributed by atoms with Crippen molar-refractivity contribution in [3.05, 3.63) is 52.8 Å². The Morgan fingerprint density at radius 3 is 1.78 bits per heavy atom. The first kappa shape index (κ1) is 12.9. The summed E-state index contributed by atoms with van der Waals surface area (Å²) in [6.45, 7) is 7.60. The van der Waals surface area contributed by atoms with E-state index in [1.807, 2.05) is 33.8 Å². The van der Waals surface area contributed by atoms with Gasteiger partial charge in [0.25, 0.3) is 10.0 Å². The van der Waals surface area contributed by atoms with E-state index in [0.717, 1.165) is 22.3 Å². The lowest BCUT2D eigenvalue weighted by Crippen LogP contribution is -2.15. The standard InChI is InChI=1S/C14H17NO2S/c1-10-9-11(2)13(4)14(12(10)3)18(16,17)15-7-5-6-8-15/h5-9H,1-4H3. The van der Waals surface area contributed by atoms with E-state index >= 15 is 0 Å². The predicted octanol–water partition coefficient (Wildman–Crippen LogP) is 2.96. The molecule has 1 aromatic heterocycles. The molecule has 0 atom stereocenters. The Hall–Kier alpha value is -1.55. The molecular weight excluding hydrogens is 246 g/mol. The minimum atomic E-state index is -3.49. The highest BCUT2D eigenvalue weighted by atomic mass is 32.2. The van der Waals surface area contributed by atoms with Crippen molar-refractivity contribution in [3.8, 4) is 0 Å². The van der Waals surface area contributed by atoms with E-state index < -0.39 is 10.0 Å². The summed E-state index contributed by atoms with van der Waals surface area (Å²) in [7, 11) is -3.49. The molecule has 0 saturated heterocycles. The van der Waals surface area contributed by atoms with Crippen LogP contribution in [0.25, 0.3) is 0 Å². The Labute approximate surface area is 108 Å². The van der Waals surface area contributed by atoms with Gasteiger partial charge in [0.05, 0.1) is 4.90 Å². The number of aromatic nitrogens is 1. The molecule has 2 rings (SSSR count). The molecule has 0 aliphatic heterocycles. The Morgan fingerprint density at radius 2 is 1.33 bits per heavy atom. The number of rotatable bonds is 2. The highest BCUT2D eigenvalue weighted by Gasteiger charge is 2.22. The zero-order valence-corrected chi connectivity index (χ0v) is 11.9. The van der Waals surface area contributed by atoms with Crippen LogP contribution in [0.1, 0.15) is 22.3 Å². The predicted molar refractivity (Wildman–Crippen MR) is 72.4 cm³/mol. The molecule has 0 saturated carbocycles. The maximum Gasteiger partial charge on any atom is 0.268 e. The molecule has 2 aromatic rings. The van der Waals surface area contributed by atoms with Gasteiger partial charge < -0.3 is 0 Å². The Bertz CT molecular complexity index is 657. The summed E-state index contributed by atoms with van der Waals surface area (Å²) in [4.78, 5) is 0.427. The molecule has 0 amide bonds. The summed E-state index contributed by atoms with van der Waals surface area (Å²) in [5.41, 5.74) is 3.66. The van der Waals surface area contributed by atoms with Gasteiger partial charge in [-0.15, -0.1) is 0 Å². The van der Waals surface area contributed by atoms with Crippen LogP contribution < -0.4 is 0 Å². The molecular formula is C14H17NO2S. The number of hydrogen-bond donors (Lipinski definition) is 0. The van der Waals surface area contributed by atoms with Crippen LogP contribution in [0.2, 0.25) is 0 Å². The van der Waals surface area contributed by atoms with Crippen molar-refractivity contribution in [2.24, 2.45) is 0 Å². The van der Waals surface area contributed by atoms with Crippen molar-refractivity contribution >= 4 is 10.0 Å². The van der Waals surface area contributed by atoms with Gasteiger partial charge in [0.1, 0.15) is 0 Å². The Balaban J connectivity index is 2.81. The second-order valence-electron chi connectivity index (χ2n) is 4.61. The fourth-order valence-corrected chi connectivity index (χ4v) is 3.92. The fourth-order valence-electron chi connectivity index (χ4n) is 2.15. The van der Waals surface area contributed by atoms with Crippen molar-refractivity contribution < 1.29 is 8.42 Å². The molecule has 3 nitrogen and oxygen atoms in total. The average molecular weight is 263 g/mol. The van der Waals surface area contributed by atoms with E-state index in [9.17, 15) is 8.42 Å². The summed E-state index contributed by atoms with van der Waals surface area (Å²) in [5.74, 6) is 0. The van der Waals surface area contributed by atoms with Gasteiger partial charge in [-0.25, -0.2) is 12.4 Å². The first-order valence-corrected chi connectivity index (χ1v) is 7.25. The van der Waals surface area contributed by atoms with E-state index in [1.54, 1.807) is 24.5 Å². The number of nitrogens with zero attached hydrogens (tertiary/aromatic N) is 1. The van der Waals surface area contributed by atoms with Crippen molar-refractivity contribution in [2.45, 2.75) is 32.6 Å². The highest BCUT2D eigenvalue weighted by Crippen LogP contribution is 2.27. The van der Waals surface area contributed by atoms with Gasteiger partial charge in [0.15, 0.2) is 0 Å². The molecule has 96 valence electrons. The molecule has 0 fully saturated rings. The summed E-state index contributed by atoms with van der Waals surface area (Å²) in [5, 5.41) is 0. The molecule has 0 aliphatic rings. The maximum absolute atomic E-state index is 12.6. The van der Waals surface area contributed by atoms with Crippen LogP contribution >= 0.6 is 0 Å². The minimum Gasteiger partial charge on any atom is -0.249 e. The number of hydrogen-bond acceptors (Lipinski definition) is 2. The van der Waals surface area contributed by atoms with Gasteiger partial charge >= 0.3 is 0 Å². The van der Waals surface area contributed by atoms with Crippen LogP contribution in [-0.4, -0.2) is 12.4 Å². The zero-order valence-electron chi connectivity index (χ0n) is 11.1. The molecule has 1 heterocycles. The van der Waals surface area contributed by atoms with Crippen molar-refractivity contribution in [1.82, 2.24) is 3.97 Å². The molecule has 18 heavy (non-hydrogen) atoms. The monoisotopic (exact) mass is 263 g/mol. The molecule has 0 unspecified atom stereocenters. The number of aryl methyl sites for hydroxylation is 2. The quantitative estimate of drug-likeness (QED) is 0.835. The zero-order chi connectivity index (χ0) is 13.5. The SMILES string of the molecule is Cc1cc(C)c(C)c(S(=O)(=O)n2cccc2)c1C. The molecule has 0 N–H and O–H groups in total. The Kier molecular flexibility index (Phi) is 3.07. The topological polar surface area (TPSA) is 39.1 Å². The summed E-state index contributed by atoms with van der Waals surface area (Å²) >= 11 is 0. The number of benzene rings is 1.